The van der Waals surface area contributed by atoms with Gasteiger partial charge in [0.15, 0.2) is 0 Å². The Balaban J connectivity index is 2.72. The van der Waals surface area contributed by atoms with Crippen LogP contribution in [0.3, 0.4) is 0 Å². The van der Waals surface area contributed by atoms with Gasteiger partial charge in [0.2, 0.25) is 5.91 Å². The highest BCUT2D eigenvalue weighted by atomic mass is 19.1. The summed E-state index contributed by atoms with van der Waals surface area (Å²) in [6.45, 7) is 0.198. The minimum Gasteiger partial charge on any atom is -0.379 e. The van der Waals surface area contributed by atoms with Crippen LogP contribution < -0.4 is 10.6 Å². The maximum absolute atomic E-state index is 12.9. The molecule has 0 saturated heterocycles. The van der Waals surface area contributed by atoms with Gasteiger partial charge >= 0.3 is 0 Å². The van der Waals surface area contributed by atoms with Gasteiger partial charge < -0.3 is 10.6 Å². The van der Waals surface area contributed by atoms with Crippen LogP contribution in [0.5, 0.6) is 0 Å². The first-order valence-corrected chi connectivity index (χ1v) is 4.93. The highest BCUT2D eigenvalue weighted by Crippen LogP contribution is 2.24. The molecule has 0 aliphatic heterocycles. The van der Waals surface area contributed by atoms with Gasteiger partial charge in [0, 0.05) is 32.1 Å². The summed E-state index contributed by atoms with van der Waals surface area (Å²) in [4.78, 5) is 21.0. The number of nitro groups is 1. The number of halogens is 1. The fourth-order valence-electron chi connectivity index (χ4n) is 1.24. The predicted octanol–water partition coefficient (Wildman–Crippen LogP) is 1.28. The molecule has 0 aromatic heterocycles. The number of hydrogen-bond donors (Lipinski definition) is 2. The number of carbonyl (C=O) groups excluding carboxylic acids is 1. The Labute approximate surface area is 97.0 Å². The number of nitrogens with zero attached hydrogens (tertiary/aromatic N) is 1. The van der Waals surface area contributed by atoms with Crippen molar-refractivity contribution in [2.24, 2.45) is 0 Å². The lowest BCUT2D eigenvalue weighted by molar-refractivity contribution is -0.384. The number of anilines is 1. The zero-order valence-corrected chi connectivity index (χ0v) is 9.20. The monoisotopic (exact) mass is 241 g/mol. The molecule has 0 unspecified atom stereocenters. The molecule has 1 aromatic carbocycles. The molecular weight excluding hydrogens is 229 g/mol. The van der Waals surface area contributed by atoms with E-state index in [0.29, 0.717) is 0 Å². The maximum Gasteiger partial charge on any atom is 0.292 e. The molecule has 0 aliphatic carbocycles. The second-order valence-electron chi connectivity index (χ2n) is 3.27. The Bertz CT molecular complexity index is 437. The van der Waals surface area contributed by atoms with Gasteiger partial charge in [-0.3, -0.25) is 14.9 Å². The van der Waals surface area contributed by atoms with Crippen molar-refractivity contribution in [3.05, 3.63) is 34.1 Å². The summed E-state index contributed by atoms with van der Waals surface area (Å²) in [6, 6.07) is 3.13. The maximum atomic E-state index is 12.9. The van der Waals surface area contributed by atoms with Crippen LogP contribution >= 0.6 is 0 Å². The molecule has 2 N–H and O–H groups in total. The molecule has 0 aliphatic rings. The molecule has 0 radical (unpaired) electrons. The lowest BCUT2D eigenvalue weighted by Gasteiger charge is -2.06. The number of nitrogens with one attached hydrogen (secondary N) is 2. The second kappa shape index (κ2) is 5.78. The Kier molecular flexibility index (Phi) is 4.38. The van der Waals surface area contributed by atoms with E-state index >= 15 is 0 Å². The summed E-state index contributed by atoms with van der Waals surface area (Å²) in [5, 5.41) is 15.7. The van der Waals surface area contributed by atoms with E-state index in [2.05, 4.69) is 10.6 Å². The van der Waals surface area contributed by atoms with E-state index in [9.17, 15) is 19.3 Å². The highest BCUT2D eigenvalue weighted by Gasteiger charge is 2.14. The van der Waals surface area contributed by atoms with Crippen molar-refractivity contribution < 1.29 is 14.1 Å². The Hall–Kier alpha value is -2.18. The molecular formula is C10H12FN3O3. The molecule has 0 spiro atoms. The second-order valence-corrected chi connectivity index (χ2v) is 3.27. The first-order chi connectivity index (χ1) is 8.04. The van der Waals surface area contributed by atoms with Gasteiger partial charge in [-0.2, -0.15) is 0 Å². The van der Waals surface area contributed by atoms with Crippen LogP contribution in [0.25, 0.3) is 0 Å². The normalized spacial score (nSPS) is 9.76. The fraction of sp³-hybridized carbons (Fsp3) is 0.300. The smallest absolute Gasteiger partial charge is 0.292 e. The Morgan fingerprint density at radius 1 is 1.53 bits per heavy atom. The van der Waals surface area contributed by atoms with Crippen LogP contribution in [0.15, 0.2) is 18.2 Å². The van der Waals surface area contributed by atoms with Gasteiger partial charge in [-0.05, 0) is 6.07 Å². The average molecular weight is 241 g/mol. The number of rotatable bonds is 5. The summed E-state index contributed by atoms with van der Waals surface area (Å²) >= 11 is 0. The van der Waals surface area contributed by atoms with Gasteiger partial charge in [0.1, 0.15) is 11.5 Å². The third-order valence-electron chi connectivity index (χ3n) is 2.10. The standard InChI is InChI=1S/C10H12FN3O3/c1-12-10(15)4-5-13-8-6-7(11)2-3-9(8)14(16)17/h2-3,6,13H,4-5H2,1H3,(H,12,15). The van der Waals surface area contributed by atoms with Crippen molar-refractivity contribution in [3.8, 4) is 0 Å². The van der Waals surface area contributed by atoms with Crippen molar-refractivity contribution in [2.45, 2.75) is 6.42 Å². The molecule has 0 fully saturated rings. The molecule has 1 amide bonds. The quantitative estimate of drug-likeness (QED) is 0.600. The topological polar surface area (TPSA) is 84.3 Å². The van der Waals surface area contributed by atoms with E-state index in [4.69, 9.17) is 0 Å². The van der Waals surface area contributed by atoms with E-state index in [-0.39, 0.29) is 30.2 Å². The summed E-state index contributed by atoms with van der Waals surface area (Å²) in [6.07, 6.45) is 0.157. The molecule has 1 aromatic rings. The first kappa shape index (κ1) is 12.9. The summed E-state index contributed by atoms with van der Waals surface area (Å²) in [5.41, 5.74) is -0.151. The van der Waals surface area contributed by atoms with Crippen LogP contribution in [-0.2, 0) is 4.79 Å². The molecule has 6 nitrogen and oxygen atoms in total. The van der Waals surface area contributed by atoms with Gasteiger partial charge in [-0.1, -0.05) is 0 Å². The molecule has 0 heterocycles. The highest BCUT2D eigenvalue weighted by molar-refractivity contribution is 5.76. The van der Waals surface area contributed by atoms with E-state index in [1.165, 1.54) is 7.05 Å². The average Bonchev–Trinajstić information content (AvgIpc) is 2.28. The third-order valence-corrected chi connectivity index (χ3v) is 2.10. The number of amides is 1. The van der Waals surface area contributed by atoms with Crippen molar-refractivity contribution >= 4 is 17.3 Å². The van der Waals surface area contributed by atoms with Crippen LogP contribution in [0, 0.1) is 15.9 Å². The lowest BCUT2D eigenvalue weighted by Crippen LogP contribution is -2.21. The van der Waals surface area contributed by atoms with Gasteiger partial charge in [0.25, 0.3) is 5.69 Å². The van der Waals surface area contributed by atoms with Crippen molar-refractivity contribution in [1.29, 1.82) is 0 Å². The minimum atomic E-state index is -0.609. The van der Waals surface area contributed by atoms with Crippen molar-refractivity contribution in [3.63, 3.8) is 0 Å². The number of benzene rings is 1. The van der Waals surface area contributed by atoms with E-state index in [1.807, 2.05) is 0 Å². The SMILES string of the molecule is CNC(=O)CCNc1cc(F)ccc1[N+](=O)[O-]. The lowest BCUT2D eigenvalue weighted by atomic mass is 10.2. The first-order valence-electron chi connectivity index (χ1n) is 4.93. The molecule has 0 saturated carbocycles. The van der Waals surface area contributed by atoms with Crippen molar-refractivity contribution in [1.82, 2.24) is 5.32 Å². The molecule has 92 valence electrons. The van der Waals surface area contributed by atoms with Crippen molar-refractivity contribution in [2.75, 3.05) is 18.9 Å². The van der Waals surface area contributed by atoms with E-state index in [0.717, 1.165) is 18.2 Å². The summed E-state index contributed by atoms with van der Waals surface area (Å²) in [7, 11) is 1.49. The van der Waals surface area contributed by atoms with Crippen LogP contribution in [-0.4, -0.2) is 24.4 Å². The molecule has 17 heavy (non-hydrogen) atoms. The Morgan fingerprint density at radius 3 is 2.82 bits per heavy atom. The number of nitro benzene ring substituents is 1. The predicted molar refractivity (Wildman–Crippen MR) is 60.2 cm³/mol. The molecule has 0 atom stereocenters. The summed E-state index contributed by atoms with van der Waals surface area (Å²) < 4.78 is 12.9. The Morgan fingerprint density at radius 2 is 2.24 bits per heavy atom. The van der Waals surface area contributed by atoms with Crippen LogP contribution in [0.2, 0.25) is 0 Å². The molecule has 1 rings (SSSR count). The van der Waals surface area contributed by atoms with Gasteiger partial charge in [-0.15, -0.1) is 0 Å². The van der Waals surface area contributed by atoms with Crippen LogP contribution in [0.4, 0.5) is 15.8 Å². The molecule has 7 heteroatoms. The largest absolute Gasteiger partial charge is 0.379 e. The molecule has 0 bridgehead atoms. The summed E-state index contributed by atoms with van der Waals surface area (Å²) in [5.74, 6) is -0.769. The fourth-order valence-corrected chi connectivity index (χ4v) is 1.24. The zero-order valence-electron chi connectivity index (χ0n) is 9.20. The minimum absolute atomic E-state index is 0.0684. The van der Waals surface area contributed by atoms with E-state index < -0.39 is 10.7 Å². The third kappa shape index (κ3) is 3.71. The zero-order chi connectivity index (χ0) is 12.8. The number of carbonyl (C=O) groups is 1. The van der Waals surface area contributed by atoms with Gasteiger partial charge in [0.05, 0.1) is 4.92 Å². The number of hydrogen-bond acceptors (Lipinski definition) is 4. The van der Waals surface area contributed by atoms with E-state index in [1.54, 1.807) is 0 Å². The van der Waals surface area contributed by atoms with Gasteiger partial charge in [-0.25, -0.2) is 4.39 Å². The van der Waals surface area contributed by atoms with Crippen LogP contribution in [0.1, 0.15) is 6.42 Å².